The van der Waals surface area contributed by atoms with Crippen LogP contribution in [0.5, 0.6) is 0 Å². The van der Waals surface area contributed by atoms with Crippen LogP contribution in [0.25, 0.3) is 0 Å². The topological polar surface area (TPSA) is 63.5 Å². The first-order valence-electron chi connectivity index (χ1n) is 6.84. The van der Waals surface area contributed by atoms with Crippen molar-refractivity contribution >= 4 is 11.6 Å². The van der Waals surface area contributed by atoms with Crippen LogP contribution in [-0.4, -0.2) is 22.3 Å². The normalized spacial score (nSPS) is 21.9. The number of carbonyl (C=O) groups excluding carboxylic acids is 1. The van der Waals surface area contributed by atoms with Crippen LogP contribution in [0.2, 0.25) is 0 Å². The third kappa shape index (κ3) is 2.66. The molecule has 20 heavy (non-hydrogen) atoms. The van der Waals surface area contributed by atoms with E-state index in [1.807, 2.05) is 6.92 Å². The lowest BCUT2D eigenvalue weighted by Crippen LogP contribution is -2.47. The Morgan fingerprint density at radius 1 is 1.40 bits per heavy atom. The lowest BCUT2D eigenvalue weighted by Gasteiger charge is -2.41. The maximum Gasteiger partial charge on any atom is 0.274 e. The van der Waals surface area contributed by atoms with Gasteiger partial charge in [0.1, 0.15) is 0 Å². The van der Waals surface area contributed by atoms with Crippen molar-refractivity contribution in [2.24, 2.45) is 11.3 Å². The molecule has 0 spiro atoms. The molecule has 1 fully saturated rings. The standard InChI is InChI=1S/C15H20N2O3/c1-11-14(18)16(9-8-15(11,2)3)10-12-6-4-5-7-13(12)17(19)20/h4-7,11H,8-10H2,1-3H3. The Bertz CT molecular complexity index is 540. The monoisotopic (exact) mass is 276 g/mol. The molecule has 1 aliphatic rings. The van der Waals surface area contributed by atoms with E-state index in [9.17, 15) is 14.9 Å². The number of benzene rings is 1. The second kappa shape index (κ2) is 5.23. The Balaban J connectivity index is 2.20. The van der Waals surface area contributed by atoms with Gasteiger partial charge in [0.25, 0.3) is 5.69 Å². The van der Waals surface area contributed by atoms with E-state index < -0.39 is 4.92 Å². The summed E-state index contributed by atoms with van der Waals surface area (Å²) < 4.78 is 0. The molecule has 5 nitrogen and oxygen atoms in total. The zero-order chi connectivity index (χ0) is 14.9. The second-order valence-corrected chi connectivity index (χ2v) is 6.11. The molecule has 1 aromatic carbocycles. The first-order valence-corrected chi connectivity index (χ1v) is 6.84. The minimum atomic E-state index is -0.392. The van der Waals surface area contributed by atoms with E-state index in [1.54, 1.807) is 23.1 Å². The number of nitrogens with zero attached hydrogens (tertiary/aromatic N) is 2. The summed E-state index contributed by atoms with van der Waals surface area (Å²) in [5, 5.41) is 11.0. The predicted molar refractivity (Wildman–Crippen MR) is 76.1 cm³/mol. The van der Waals surface area contributed by atoms with Gasteiger partial charge in [-0.1, -0.05) is 39.0 Å². The van der Waals surface area contributed by atoms with Crippen molar-refractivity contribution in [1.82, 2.24) is 4.90 Å². The lowest BCUT2D eigenvalue weighted by molar-refractivity contribution is -0.385. The largest absolute Gasteiger partial charge is 0.338 e. The highest BCUT2D eigenvalue weighted by atomic mass is 16.6. The summed E-state index contributed by atoms with van der Waals surface area (Å²) in [7, 11) is 0. The molecule has 0 bridgehead atoms. The number of nitro benzene ring substituents is 1. The number of nitro groups is 1. The van der Waals surface area contributed by atoms with Gasteiger partial charge in [-0.05, 0) is 11.8 Å². The first-order chi connectivity index (χ1) is 9.33. The molecule has 0 radical (unpaired) electrons. The molecular formula is C15H20N2O3. The summed E-state index contributed by atoms with van der Waals surface area (Å²) in [6, 6.07) is 6.61. The van der Waals surface area contributed by atoms with Crippen molar-refractivity contribution in [2.75, 3.05) is 6.54 Å². The maximum absolute atomic E-state index is 12.4. The fraction of sp³-hybridized carbons (Fsp3) is 0.533. The van der Waals surface area contributed by atoms with Gasteiger partial charge >= 0.3 is 0 Å². The van der Waals surface area contributed by atoms with Crippen LogP contribution in [0.4, 0.5) is 5.69 Å². The van der Waals surface area contributed by atoms with Gasteiger partial charge < -0.3 is 4.90 Å². The summed E-state index contributed by atoms with van der Waals surface area (Å²) in [5.74, 6) is 0.0263. The number of likely N-dealkylation sites (tertiary alicyclic amines) is 1. The van der Waals surface area contributed by atoms with E-state index in [-0.39, 0.29) is 22.9 Å². The smallest absolute Gasteiger partial charge is 0.274 e. The van der Waals surface area contributed by atoms with Gasteiger partial charge in [0.15, 0.2) is 0 Å². The summed E-state index contributed by atoms with van der Waals surface area (Å²) in [5.41, 5.74) is 0.673. The van der Waals surface area contributed by atoms with Crippen molar-refractivity contribution in [3.8, 4) is 0 Å². The average molecular weight is 276 g/mol. The Labute approximate surface area is 118 Å². The number of rotatable bonds is 3. The van der Waals surface area contributed by atoms with Crippen LogP contribution < -0.4 is 0 Å². The highest BCUT2D eigenvalue weighted by molar-refractivity contribution is 5.80. The van der Waals surface area contributed by atoms with Crippen LogP contribution in [0.1, 0.15) is 32.8 Å². The zero-order valence-electron chi connectivity index (χ0n) is 12.1. The quantitative estimate of drug-likeness (QED) is 0.629. The van der Waals surface area contributed by atoms with Crippen LogP contribution >= 0.6 is 0 Å². The highest BCUT2D eigenvalue weighted by Crippen LogP contribution is 2.36. The van der Waals surface area contributed by atoms with Gasteiger partial charge in [-0.3, -0.25) is 14.9 Å². The van der Waals surface area contributed by atoms with Gasteiger partial charge in [0.2, 0.25) is 5.91 Å². The second-order valence-electron chi connectivity index (χ2n) is 6.11. The minimum absolute atomic E-state index is 0.00377. The van der Waals surface area contributed by atoms with E-state index in [2.05, 4.69) is 13.8 Å². The number of piperidine rings is 1. The van der Waals surface area contributed by atoms with Crippen molar-refractivity contribution < 1.29 is 9.72 Å². The van der Waals surface area contributed by atoms with Gasteiger partial charge in [-0.2, -0.15) is 0 Å². The van der Waals surface area contributed by atoms with E-state index in [1.165, 1.54) is 6.07 Å². The van der Waals surface area contributed by atoms with Crippen molar-refractivity contribution in [3.05, 3.63) is 39.9 Å². The maximum atomic E-state index is 12.4. The molecule has 1 atom stereocenters. The average Bonchev–Trinajstić information content (AvgIpc) is 2.40. The fourth-order valence-electron chi connectivity index (χ4n) is 2.54. The molecule has 2 rings (SSSR count). The molecule has 1 amide bonds. The first kappa shape index (κ1) is 14.5. The summed E-state index contributed by atoms with van der Waals surface area (Å²) >= 11 is 0. The van der Waals surface area contributed by atoms with Crippen LogP contribution in [0.15, 0.2) is 24.3 Å². The number of carbonyl (C=O) groups is 1. The third-order valence-corrected chi connectivity index (χ3v) is 4.43. The third-order valence-electron chi connectivity index (χ3n) is 4.43. The van der Waals surface area contributed by atoms with E-state index in [0.29, 0.717) is 18.7 Å². The zero-order valence-corrected chi connectivity index (χ0v) is 12.1. The van der Waals surface area contributed by atoms with Crippen molar-refractivity contribution in [3.63, 3.8) is 0 Å². The van der Waals surface area contributed by atoms with Crippen LogP contribution in [-0.2, 0) is 11.3 Å². The molecule has 0 N–H and O–H groups in total. The Morgan fingerprint density at radius 3 is 2.70 bits per heavy atom. The summed E-state index contributed by atoms with van der Waals surface area (Å²) in [6.45, 7) is 7.10. The Morgan fingerprint density at radius 2 is 2.05 bits per heavy atom. The molecular weight excluding hydrogens is 256 g/mol. The highest BCUT2D eigenvalue weighted by Gasteiger charge is 2.39. The van der Waals surface area contributed by atoms with Gasteiger partial charge in [-0.15, -0.1) is 0 Å². The van der Waals surface area contributed by atoms with Crippen molar-refractivity contribution in [2.45, 2.75) is 33.7 Å². The number of hydrogen-bond acceptors (Lipinski definition) is 3. The van der Waals surface area contributed by atoms with Crippen LogP contribution in [0.3, 0.4) is 0 Å². The fourth-order valence-corrected chi connectivity index (χ4v) is 2.54. The molecule has 5 heteroatoms. The van der Waals surface area contributed by atoms with E-state index in [4.69, 9.17) is 0 Å². The molecule has 108 valence electrons. The van der Waals surface area contributed by atoms with Gasteiger partial charge in [0.05, 0.1) is 11.5 Å². The molecule has 0 saturated carbocycles. The Kier molecular flexibility index (Phi) is 3.79. The number of hydrogen-bond donors (Lipinski definition) is 0. The minimum Gasteiger partial charge on any atom is -0.338 e. The van der Waals surface area contributed by atoms with E-state index in [0.717, 1.165) is 6.42 Å². The van der Waals surface area contributed by atoms with Gasteiger partial charge in [-0.25, -0.2) is 0 Å². The van der Waals surface area contributed by atoms with Crippen LogP contribution in [0, 0.1) is 21.4 Å². The molecule has 1 heterocycles. The predicted octanol–water partition coefficient (Wildman–Crippen LogP) is 2.99. The summed E-state index contributed by atoms with van der Waals surface area (Å²) in [6.07, 6.45) is 0.917. The molecule has 1 unspecified atom stereocenters. The van der Waals surface area contributed by atoms with E-state index >= 15 is 0 Å². The molecule has 1 saturated heterocycles. The molecule has 0 aliphatic carbocycles. The molecule has 1 aliphatic heterocycles. The van der Waals surface area contributed by atoms with Gasteiger partial charge in [0, 0.05) is 24.1 Å². The van der Waals surface area contributed by atoms with Crippen molar-refractivity contribution in [1.29, 1.82) is 0 Å². The SMILES string of the molecule is CC1C(=O)N(Cc2ccccc2[N+](=O)[O-])CCC1(C)C. The summed E-state index contributed by atoms with van der Waals surface area (Å²) in [4.78, 5) is 24.7. The lowest BCUT2D eigenvalue weighted by atomic mass is 9.74. The molecule has 1 aromatic rings. The number of amides is 1. The Hall–Kier alpha value is -1.91. The number of para-hydroxylation sites is 1. The molecule has 0 aromatic heterocycles.